The summed E-state index contributed by atoms with van der Waals surface area (Å²) in [7, 11) is 1.62. The van der Waals surface area contributed by atoms with Gasteiger partial charge in [0.1, 0.15) is 42.7 Å². The van der Waals surface area contributed by atoms with Crippen LogP contribution in [0.5, 0.6) is 17.2 Å². The Kier molecular flexibility index (Phi) is 10.4. The van der Waals surface area contributed by atoms with E-state index in [1.807, 2.05) is 24.3 Å². The van der Waals surface area contributed by atoms with Gasteiger partial charge in [0.25, 0.3) is 0 Å². The molecule has 0 aromatic heterocycles. The van der Waals surface area contributed by atoms with Crippen LogP contribution in [0.3, 0.4) is 0 Å². The zero-order valence-corrected chi connectivity index (χ0v) is 20.3. The van der Waals surface area contributed by atoms with Gasteiger partial charge in [-0.15, -0.1) is 0 Å². The molecule has 0 bridgehead atoms. The number of benzene rings is 2. The van der Waals surface area contributed by atoms with Crippen LogP contribution in [0.15, 0.2) is 42.5 Å². The van der Waals surface area contributed by atoms with E-state index < -0.39 is 12.2 Å². The van der Waals surface area contributed by atoms with Crippen LogP contribution < -0.4 is 19.5 Å². The van der Waals surface area contributed by atoms with E-state index in [0.717, 1.165) is 31.7 Å². The van der Waals surface area contributed by atoms with Crippen molar-refractivity contribution in [3.05, 3.63) is 52.5 Å². The lowest BCUT2D eigenvalue weighted by atomic mass is 10.0. The maximum atomic E-state index is 10.3. The van der Waals surface area contributed by atoms with Gasteiger partial charge in [-0.2, -0.15) is 0 Å². The van der Waals surface area contributed by atoms with E-state index in [0.29, 0.717) is 40.7 Å². The summed E-state index contributed by atoms with van der Waals surface area (Å²) in [4.78, 5) is 2.23. The van der Waals surface area contributed by atoms with Gasteiger partial charge in [0, 0.05) is 25.2 Å². The lowest BCUT2D eigenvalue weighted by Gasteiger charge is -2.33. The molecule has 1 fully saturated rings. The van der Waals surface area contributed by atoms with Crippen LogP contribution in [0.2, 0.25) is 10.0 Å². The van der Waals surface area contributed by atoms with E-state index in [9.17, 15) is 10.2 Å². The number of nitrogens with one attached hydrogen (secondary N) is 1. The van der Waals surface area contributed by atoms with Crippen molar-refractivity contribution >= 4 is 23.2 Å². The summed E-state index contributed by atoms with van der Waals surface area (Å²) in [5, 5.41) is 24.8. The number of likely N-dealkylation sites (tertiary alicyclic amines) is 1. The summed E-state index contributed by atoms with van der Waals surface area (Å²) in [5.74, 6) is 2.05. The fourth-order valence-corrected chi connectivity index (χ4v) is 3.94. The Hall–Kier alpha value is -1.74. The third kappa shape index (κ3) is 8.85. The number of rotatable bonds is 12. The fraction of sp³-hybridized carbons (Fsp3) is 0.500. The highest BCUT2D eigenvalue weighted by Crippen LogP contribution is 2.26. The Morgan fingerprint density at radius 1 is 0.909 bits per heavy atom. The van der Waals surface area contributed by atoms with Crippen molar-refractivity contribution in [1.82, 2.24) is 10.2 Å². The van der Waals surface area contributed by atoms with Gasteiger partial charge in [0.05, 0.1) is 17.2 Å². The van der Waals surface area contributed by atoms with Gasteiger partial charge in [0.15, 0.2) is 0 Å². The number of aliphatic hydroxyl groups excluding tert-OH is 2. The van der Waals surface area contributed by atoms with Gasteiger partial charge >= 0.3 is 0 Å². The SMILES string of the molecule is COc1ccc(OC[C@@H](O)CNC2CCN(CC(O)COc3ccc(Cl)c(Cl)c3)CC2)cc1. The highest BCUT2D eigenvalue weighted by molar-refractivity contribution is 6.42. The minimum absolute atomic E-state index is 0.191. The lowest BCUT2D eigenvalue weighted by molar-refractivity contribution is 0.0556. The lowest BCUT2D eigenvalue weighted by Crippen LogP contribution is -2.47. The normalized spacial score (nSPS) is 16.9. The summed E-state index contributed by atoms with van der Waals surface area (Å²) >= 11 is 11.9. The molecule has 1 saturated heterocycles. The van der Waals surface area contributed by atoms with E-state index >= 15 is 0 Å². The number of β-amino-alcohol motifs (C(OH)–C–C–N with tert-alkyl or cyclic N) is 1. The van der Waals surface area contributed by atoms with Crippen LogP contribution >= 0.6 is 23.2 Å². The molecule has 9 heteroatoms. The standard InChI is InChI=1S/C24H32Cl2N2O5/c1-31-20-2-4-21(5-3-20)32-15-18(29)13-27-17-8-10-28(11-9-17)14-19(30)16-33-22-6-7-23(25)24(26)12-22/h2-7,12,17-19,27,29-30H,8-11,13-16H2,1H3/t18-,19?/m0/s1. The quantitative estimate of drug-likeness (QED) is 0.414. The number of hydrogen-bond acceptors (Lipinski definition) is 7. The van der Waals surface area contributed by atoms with Gasteiger partial charge < -0.3 is 34.6 Å². The third-order valence-corrected chi connectivity index (χ3v) is 6.27. The summed E-state index contributed by atoms with van der Waals surface area (Å²) in [6.07, 6.45) is 0.713. The summed E-state index contributed by atoms with van der Waals surface area (Å²) in [6.45, 7) is 3.19. The molecule has 1 aliphatic heterocycles. The topological polar surface area (TPSA) is 83.4 Å². The zero-order valence-electron chi connectivity index (χ0n) is 18.8. The molecule has 33 heavy (non-hydrogen) atoms. The van der Waals surface area contributed by atoms with Crippen molar-refractivity contribution in [1.29, 1.82) is 0 Å². The first-order valence-corrected chi connectivity index (χ1v) is 11.8. The number of piperidine rings is 1. The molecule has 3 N–H and O–H groups in total. The molecule has 0 aliphatic carbocycles. The fourth-order valence-electron chi connectivity index (χ4n) is 3.66. The largest absolute Gasteiger partial charge is 0.497 e. The molecule has 7 nitrogen and oxygen atoms in total. The van der Waals surface area contributed by atoms with Crippen LogP contribution in [0, 0.1) is 0 Å². The number of ether oxygens (including phenoxy) is 3. The first-order chi connectivity index (χ1) is 15.9. The molecular weight excluding hydrogens is 467 g/mol. The van der Waals surface area contributed by atoms with Gasteiger partial charge in [-0.05, 0) is 62.3 Å². The summed E-state index contributed by atoms with van der Waals surface area (Å²) in [6, 6.07) is 12.7. The third-order valence-electron chi connectivity index (χ3n) is 5.53. The highest BCUT2D eigenvalue weighted by Gasteiger charge is 2.21. The first-order valence-electron chi connectivity index (χ1n) is 11.1. The smallest absolute Gasteiger partial charge is 0.121 e. The second-order valence-electron chi connectivity index (χ2n) is 8.16. The Morgan fingerprint density at radius 2 is 1.52 bits per heavy atom. The van der Waals surface area contributed by atoms with E-state index in [4.69, 9.17) is 37.4 Å². The minimum atomic E-state index is -0.596. The van der Waals surface area contributed by atoms with E-state index in [1.54, 1.807) is 25.3 Å². The second kappa shape index (κ2) is 13.2. The van der Waals surface area contributed by atoms with Crippen LogP contribution in [0.25, 0.3) is 0 Å². The summed E-state index contributed by atoms with van der Waals surface area (Å²) < 4.78 is 16.4. The molecule has 2 aromatic carbocycles. The second-order valence-corrected chi connectivity index (χ2v) is 8.98. The molecule has 1 unspecified atom stereocenters. The maximum Gasteiger partial charge on any atom is 0.121 e. The van der Waals surface area contributed by atoms with Crippen molar-refractivity contribution in [2.24, 2.45) is 0 Å². The van der Waals surface area contributed by atoms with Gasteiger partial charge in [-0.25, -0.2) is 0 Å². The van der Waals surface area contributed by atoms with Crippen molar-refractivity contribution in [2.75, 3.05) is 46.5 Å². The molecule has 0 saturated carbocycles. The average Bonchev–Trinajstić information content (AvgIpc) is 2.83. The predicted molar refractivity (Wildman–Crippen MR) is 130 cm³/mol. The molecule has 0 amide bonds. The molecule has 182 valence electrons. The Bertz CT molecular complexity index is 847. The number of aliphatic hydroxyl groups is 2. The van der Waals surface area contributed by atoms with Crippen LogP contribution in [-0.2, 0) is 0 Å². The minimum Gasteiger partial charge on any atom is -0.497 e. The zero-order chi connectivity index (χ0) is 23.6. The highest BCUT2D eigenvalue weighted by atomic mass is 35.5. The van der Waals surface area contributed by atoms with Crippen LogP contribution in [0.4, 0.5) is 0 Å². The van der Waals surface area contributed by atoms with Crippen LogP contribution in [0.1, 0.15) is 12.8 Å². The monoisotopic (exact) mass is 498 g/mol. The van der Waals surface area contributed by atoms with E-state index in [-0.39, 0.29) is 13.2 Å². The number of methoxy groups -OCH3 is 1. The Balaban J connectivity index is 1.27. The Labute approximate surface area is 205 Å². The predicted octanol–water partition coefficient (Wildman–Crippen LogP) is 3.24. The van der Waals surface area contributed by atoms with Gasteiger partial charge in [-0.1, -0.05) is 23.2 Å². The van der Waals surface area contributed by atoms with E-state index in [2.05, 4.69) is 10.2 Å². The summed E-state index contributed by atoms with van der Waals surface area (Å²) in [5.41, 5.74) is 0. The van der Waals surface area contributed by atoms with Gasteiger partial charge in [0.2, 0.25) is 0 Å². The molecule has 0 spiro atoms. The van der Waals surface area contributed by atoms with Crippen molar-refractivity contribution in [2.45, 2.75) is 31.1 Å². The number of nitrogens with zero attached hydrogens (tertiary/aromatic N) is 1. The van der Waals surface area contributed by atoms with Crippen LogP contribution in [-0.4, -0.2) is 79.9 Å². The van der Waals surface area contributed by atoms with E-state index in [1.165, 1.54) is 0 Å². The number of hydrogen-bond donors (Lipinski definition) is 3. The molecule has 2 atom stereocenters. The first kappa shape index (κ1) is 25.9. The van der Waals surface area contributed by atoms with Crippen molar-refractivity contribution in [3.63, 3.8) is 0 Å². The maximum absolute atomic E-state index is 10.3. The molecular formula is C24H32Cl2N2O5. The molecule has 2 aromatic rings. The Morgan fingerprint density at radius 3 is 2.18 bits per heavy atom. The number of halogens is 2. The molecule has 3 rings (SSSR count). The average molecular weight is 499 g/mol. The molecule has 1 heterocycles. The molecule has 1 aliphatic rings. The molecule has 0 radical (unpaired) electrons. The van der Waals surface area contributed by atoms with Crippen molar-refractivity contribution in [3.8, 4) is 17.2 Å². The van der Waals surface area contributed by atoms with Crippen molar-refractivity contribution < 1.29 is 24.4 Å². The van der Waals surface area contributed by atoms with Gasteiger partial charge in [-0.3, -0.25) is 0 Å².